The molecule has 3 aromatic rings. The van der Waals surface area contributed by atoms with Crippen LogP contribution in [0, 0.1) is 5.82 Å². The number of nitrogens with one attached hydrogen (secondary N) is 1. The highest BCUT2D eigenvalue weighted by atomic mass is 35.5. The zero-order valence-electron chi connectivity index (χ0n) is 18.5. The summed E-state index contributed by atoms with van der Waals surface area (Å²) in [7, 11) is 0. The Hall–Kier alpha value is -3.27. The number of piperazine rings is 1. The van der Waals surface area contributed by atoms with Gasteiger partial charge in [0.2, 0.25) is 0 Å². The highest BCUT2D eigenvalue weighted by Gasteiger charge is 2.48. The van der Waals surface area contributed by atoms with Gasteiger partial charge in [-0.25, -0.2) is 9.07 Å². The number of rotatable bonds is 3. The van der Waals surface area contributed by atoms with Crippen molar-refractivity contribution >= 4 is 29.0 Å². The van der Waals surface area contributed by atoms with Crippen LogP contribution in [0.2, 0.25) is 5.02 Å². The third-order valence-corrected chi connectivity index (χ3v) is 6.82. The van der Waals surface area contributed by atoms with E-state index in [1.165, 1.54) is 17.0 Å². The van der Waals surface area contributed by atoms with Crippen LogP contribution < -0.4 is 10.2 Å². The Labute approximate surface area is 204 Å². The second-order valence-corrected chi connectivity index (χ2v) is 8.99. The molecule has 11 heteroatoms. The molecule has 2 aliphatic heterocycles. The summed E-state index contributed by atoms with van der Waals surface area (Å²) in [5, 5.41) is 6.98. The average Bonchev–Trinajstić information content (AvgIpc) is 3.20. The maximum Gasteiger partial charge on any atom is 0.410 e. The van der Waals surface area contributed by atoms with Crippen molar-refractivity contribution in [1.82, 2.24) is 14.7 Å². The van der Waals surface area contributed by atoms with Gasteiger partial charge >= 0.3 is 6.18 Å². The molecule has 2 aromatic carbocycles. The molecule has 6 nitrogen and oxygen atoms in total. The molecule has 1 fully saturated rings. The van der Waals surface area contributed by atoms with Gasteiger partial charge in [-0.1, -0.05) is 41.9 Å². The third-order valence-electron chi connectivity index (χ3n) is 6.46. The van der Waals surface area contributed by atoms with E-state index in [1.54, 1.807) is 42.5 Å². The van der Waals surface area contributed by atoms with Gasteiger partial charge in [-0.2, -0.15) is 18.3 Å². The molecule has 35 heavy (non-hydrogen) atoms. The number of fused-ring (bicyclic) bond motifs is 1. The van der Waals surface area contributed by atoms with Crippen LogP contribution >= 0.6 is 11.6 Å². The standard InChI is InChI=1S/C24H22ClF4N5O/c25-20-21(23(35)33-12-10-32(11-13-33)17-8-6-16(26)7-9-17)31-34-19(24(27,28)29)14-18(30-22(20)34)15-4-2-1-3-5-15/h1-9,18-19,30H,10-14H2/t18-,19+/m1/s1. The summed E-state index contributed by atoms with van der Waals surface area (Å²) in [5.41, 5.74) is 1.32. The Morgan fingerprint density at radius 2 is 1.66 bits per heavy atom. The minimum Gasteiger partial charge on any atom is -0.368 e. The molecule has 1 N–H and O–H groups in total. The summed E-state index contributed by atoms with van der Waals surface area (Å²) < 4.78 is 55.9. The molecular weight excluding hydrogens is 486 g/mol. The first-order chi connectivity index (χ1) is 16.7. The largest absolute Gasteiger partial charge is 0.410 e. The van der Waals surface area contributed by atoms with Crippen LogP contribution in [0.1, 0.15) is 34.6 Å². The number of halogens is 5. The Morgan fingerprint density at radius 1 is 1.00 bits per heavy atom. The van der Waals surface area contributed by atoms with E-state index in [9.17, 15) is 22.4 Å². The molecule has 3 heterocycles. The van der Waals surface area contributed by atoms with Gasteiger partial charge in [0.25, 0.3) is 5.91 Å². The van der Waals surface area contributed by atoms with Crippen LogP contribution in [-0.4, -0.2) is 52.9 Å². The molecule has 1 aromatic heterocycles. The van der Waals surface area contributed by atoms with Crippen LogP contribution in [-0.2, 0) is 0 Å². The fourth-order valence-electron chi connectivity index (χ4n) is 4.60. The molecule has 0 bridgehead atoms. The first kappa shape index (κ1) is 23.5. The van der Waals surface area contributed by atoms with Crippen molar-refractivity contribution in [2.45, 2.75) is 24.7 Å². The maximum atomic E-state index is 14.0. The zero-order valence-corrected chi connectivity index (χ0v) is 19.2. The Balaban J connectivity index is 1.38. The lowest BCUT2D eigenvalue weighted by atomic mass is 9.97. The maximum absolute atomic E-state index is 14.0. The minimum atomic E-state index is -4.57. The Bertz CT molecular complexity index is 1210. The van der Waals surface area contributed by atoms with Gasteiger partial charge in [-0.15, -0.1) is 0 Å². The van der Waals surface area contributed by atoms with E-state index in [1.807, 2.05) is 4.90 Å². The summed E-state index contributed by atoms with van der Waals surface area (Å²) in [6, 6.07) is 12.3. The number of hydrogen-bond acceptors (Lipinski definition) is 4. The van der Waals surface area contributed by atoms with E-state index in [0.717, 1.165) is 10.4 Å². The summed E-state index contributed by atoms with van der Waals surface area (Å²) in [6.07, 6.45) is -4.84. The van der Waals surface area contributed by atoms with E-state index >= 15 is 0 Å². The van der Waals surface area contributed by atoms with Crippen molar-refractivity contribution in [2.75, 3.05) is 36.4 Å². The predicted molar refractivity (Wildman–Crippen MR) is 124 cm³/mol. The molecule has 184 valence electrons. The molecule has 0 radical (unpaired) electrons. The van der Waals surface area contributed by atoms with Gasteiger partial charge < -0.3 is 15.1 Å². The molecule has 1 amide bonds. The van der Waals surface area contributed by atoms with Crippen molar-refractivity contribution in [3.8, 4) is 0 Å². The SMILES string of the molecule is O=C(c1nn2c(c1Cl)N[C@@H](c1ccccc1)C[C@H]2C(F)(F)F)N1CCN(c2ccc(F)cc2)CC1. The van der Waals surface area contributed by atoms with Gasteiger partial charge in [0.1, 0.15) is 16.7 Å². The van der Waals surface area contributed by atoms with E-state index in [0.29, 0.717) is 31.7 Å². The monoisotopic (exact) mass is 507 g/mol. The number of nitrogens with zero attached hydrogens (tertiary/aromatic N) is 4. The first-order valence-electron chi connectivity index (χ1n) is 11.2. The van der Waals surface area contributed by atoms with Gasteiger partial charge in [0.15, 0.2) is 11.7 Å². The fraction of sp³-hybridized carbons (Fsp3) is 0.333. The third kappa shape index (κ3) is 4.54. The Morgan fingerprint density at radius 3 is 2.29 bits per heavy atom. The fourth-order valence-corrected chi connectivity index (χ4v) is 4.86. The molecule has 1 saturated heterocycles. The van der Waals surface area contributed by atoms with E-state index in [4.69, 9.17) is 11.6 Å². The van der Waals surface area contributed by atoms with E-state index < -0.39 is 24.2 Å². The van der Waals surface area contributed by atoms with Gasteiger partial charge in [0, 0.05) is 38.3 Å². The number of carbonyl (C=O) groups is 1. The van der Waals surface area contributed by atoms with Crippen molar-refractivity contribution in [3.63, 3.8) is 0 Å². The number of benzene rings is 2. The molecule has 2 aliphatic rings. The smallest absolute Gasteiger partial charge is 0.368 e. The normalized spacial score (nSPS) is 20.4. The predicted octanol–water partition coefficient (Wildman–Crippen LogP) is 5.30. The van der Waals surface area contributed by atoms with Crippen LogP contribution in [0.25, 0.3) is 0 Å². The lowest BCUT2D eigenvalue weighted by Gasteiger charge is -2.35. The summed E-state index contributed by atoms with van der Waals surface area (Å²) in [5.74, 6) is -0.863. The van der Waals surface area contributed by atoms with Crippen LogP contribution in [0.4, 0.5) is 29.1 Å². The van der Waals surface area contributed by atoms with Crippen molar-refractivity contribution in [3.05, 3.63) is 76.7 Å². The Kier molecular flexibility index (Phi) is 6.08. The quantitative estimate of drug-likeness (QED) is 0.489. The molecule has 0 aliphatic carbocycles. The van der Waals surface area contributed by atoms with Crippen molar-refractivity contribution in [2.24, 2.45) is 0 Å². The molecule has 5 rings (SSSR count). The molecule has 0 spiro atoms. The highest BCUT2D eigenvalue weighted by Crippen LogP contribution is 2.46. The lowest BCUT2D eigenvalue weighted by Crippen LogP contribution is -2.49. The molecular formula is C24H22ClF4N5O. The summed E-state index contributed by atoms with van der Waals surface area (Å²) >= 11 is 6.46. The number of alkyl halides is 3. The second kappa shape index (κ2) is 9.07. The molecule has 0 unspecified atom stereocenters. The van der Waals surface area contributed by atoms with Gasteiger partial charge in [0.05, 0.1) is 6.04 Å². The van der Waals surface area contributed by atoms with Crippen molar-refractivity contribution in [1.29, 1.82) is 0 Å². The first-order valence-corrected chi connectivity index (χ1v) is 11.6. The van der Waals surface area contributed by atoms with Crippen LogP contribution in [0.5, 0.6) is 0 Å². The minimum absolute atomic E-state index is 0.0117. The summed E-state index contributed by atoms with van der Waals surface area (Å²) in [6.45, 7) is 1.64. The highest BCUT2D eigenvalue weighted by molar-refractivity contribution is 6.36. The topological polar surface area (TPSA) is 53.4 Å². The lowest BCUT2D eigenvalue weighted by molar-refractivity contribution is -0.173. The number of amides is 1. The number of hydrogen-bond donors (Lipinski definition) is 1. The second-order valence-electron chi connectivity index (χ2n) is 8.61. The van der Waals surface area contributed by atoms with E-state index in [2.05, 4.69) is 10.4 Å². The van der Waals surface area contributed by atoms with Gasteiger partial charge in [-0.05, 0) is 29.8 Å². The molecule has 2 atom stereocenters. The van der Waals surface area contributed by atoms with Crippen LogP contribution in [0.15, 0.2) is 54.6 Å². The molecule has 0 saturated carbocycles. The van der Waals surface area contributed by atoms with Crippen molar-refractivity contribution < 1.29 is 22.4 Å². The average molecular weight is 508 g/mol. The number of carbonyl (C=O) groups excluding carboxylic acids is 1. The van der Waals surface area contributed by atoms with E-state index in [-0.39, 0.29) is 28.8 Å². The number of aromatic nitrogens is 2. The van der Waals surface area contributed by atoms with Gasteiger partial charge in [-0.3, -0.25) is 4.79 Å². The number of anilines is 2. The van der Waals surface area contributed by atoms with Crippen LogP contribution in [0.3, 0.4) is 0 Å². The zero-order chi connectivity index (χ0) is 24.7. The summed E-state index contributed by atoms with van der Waals surface area (Å²) in [4.78, 5) is 16.8.